The summed E-state index contributed by atoms with van der Waals surface area (Å²) in [6.07, 6.45) is 3.16. The molecule has 4 nitrogen and oxygen atoms in total. The van der Waals surface area contributed by atoms with Crippen LogP contribution in [0.3, 0.4) is 0 Å². The lowest BCUT2D eigenvalue weighted by atomic mass is 10.0. The number of nitrogens with zero attached hydrogens (tertiary/aromatic N) is 2. The summed E-state index contributed by atoms with van der Waals surface area (Å²) in [6.45, 7) is 1.83. The topological polar surface area (TPSA) is 61.0 Å². The van der Waals surface area contributed by atoms with Crippen molar-refractivity contribution >= 4 is 0 Å². The van der Waals surface area contributed by atoms with Crippen LogP contribution in [0.5, 0.6) is 5.75 Å². The maximum absolute atomic E-state index is 14.0. The molecular weight excluding hydrogens is 233 g/mol. The van der Waals surface area contributed by atoms with E-state index >= 15 is 0 Å². The lowest BCUT2D eigenvalue weighted by Gasteiger charge is -2.13. The molecule has 2 aromatic rings. The van der Waals surface area contributed by atoms with Gasteiger partial charge in [-0.3, -0.25) is 9.97 Å². The number of rotatable bonds is 3. The van der Waals surface area contributed by atoms with E-state index in [1.54, 1.807) is 30.6 Å². The van der Waals surface area contributed by atoms with Crippen LogP contribution in [0.4, 0.5) is 4.39 Å². The fourth-order valence-corrected chi connectivity index (χ4v) is 1.65. The molecular formula is C13H14FN3O. The second kappa shape index (κ2) is 5.10. The Morgan fingerprint density at radius 2 is 2.06 bits per heavy atom. The van der Waals surface area contributed by atoms with E-state index in [0.717, 1.165) is 5.69 Å². The molecule has 2 rings (SSSR count). The minimum absolute atomic E-state index is 0.169. The molecule has 1 unspecified atom stereocenters. The highest BCUT2D eigenvalue weighted by Crippen LogP contribution is 2.26. The molecule has 2 N–H and O–H groups in total. The van der Waals surface area contributed by atoms with Crippen molar-refractivity contribution in [2.75, 3.05) is 7.11 Å². The summed E-state index contributed by atoms with van der Waals surface area (Å²) < 4.78 is 19.0. The molecule has 0 aliphatic carbocycles. The zero-order valence-corrected chi connectivity index (χ0v) is 10.2. The summed E-state index contributed by atoms with van der Waals surface area (Å²) in [5.41, 5.74) is 7.64. The Kier molecular flexibility index (Phi) is 3.53. The van der Waals surface area contributed by atoms with Crippen LogP contribution in [-0.2, 0) is 0 Å². The zero-order valence-electron chi connectivity index (χ0n) is 10.2. The normalized spacial score (nSPS) is 12.2. The highest BCUT2D eigenvalue weighted by Gasteiger charge is 2.17. The Hall–Kier alpha value is -2.01. The average molecular weight is 247 g/mol. The number of methoxy groups -OCH3 is 1. The molecule has 1 aromatic heterocycles. The summed E-state index contributed by atoms with van der Waals surface area (Å²) >= 11 is 0. The fraction of sp³-hybridized carbons (Fsp3) is 0.231. The van der Waals surface area contributed by atoms with Gasteiger partial charge in [-0.25, -0.2) is 4.39 Å². The standard InChI is InChI=1S/C13H14FN3O/c1-8-6-17-10(7-16-8)13(15)9-4-3-5-11(18-2)12(9)14/h3-7,13H,15H2,1-2H3. The molecule has 18 heavy (non-hydrogen) atoms. The minimum Gasteiger partial charge on any atom is -0.494 e. The smallest absolute Gasteiger partial charge is 0.170 e. The molecule has 0 spiro atoms. The van der Waals surface area contributed by atoms with Gasteiger partial charge in [0.25, 0.3) is 0 Å². The summed E-state index contributed by atoms with van der Waals surface area (Å²) in [6, 6.07) is 4.20. The number of benzene rings is 1. The Morgan fingerprint density at radius 1 is 1.28 bits per heavy atom. The maximum atomic E-state index is 14.0. The quantitative estimate of drug-likeness (QED) is 0.900. The Morgan fingerprint density at radius 3 is 2.67 bits per heavy atom. The monoisotopic (exact) mass is 247 g/mol. The molecule has 0 aliphatic rings. The number of halogens is 1. The van der Waals surface area contributed by atoms with Crippen LogP contribution >= 0.6 is 0 Å². The molecule has 0 radical (unpaired) electrons. The molecule has 1 aromatic carbocycles. The molecule has 1 heterocycles. The molecule has 0 fully saturated rings. The van der Waals surface area contributed by atoms with Crippen molar-refractivity contribution in [2.45, 2.75) is 13.0 Å². The minimum atomic E-state index is -0.659. The molecule has 0 saturated heterocycles. The third-order valence-corrected chi connectivity index (χ3v) is 2.67. The van der Waals surface area contributed by atoms with Gasteiger partial charge in [0.1, 0.15) is 0 Å². The van der Waals surface area contributed by atoms with E-state index in [1.807, 2.05) is 6.92 Å². The molecule has 0 bridgehead atoms. The first-order chi connectivity index (χ1) is 8.63. The third kappa shape index (κ3) is 2.31. The van der Waals surface area contributed by atoms with E-state index in [0.29, 0.717) is 11.3 Å². The predicted octanol–water partition coefficient (Wildman–Crippen LogP) is 1.98. The summed E-state index contributed by atoms with van der Waals surface area (Å²) in [7, 11) is 1.42. The van der Waals surface area contributed by atoms with Gasteiger partial charge < -0.3 is 10.5 Å². The first-order valence-electron chi connectivity index (χ1n) is 5.50. The third-order valence-electron chi connectivity index (χ3n) is 2.67. The molecule has 94 valence electrons. The first-order valence-corrected chi connectivity index (χ1v) is 5.50. The van der Waals surface area contributed by atoms with Gasteiger partial charge in [0.2, 0.25) is 0 Å². The highest BCUT2D eigenvalue weighted by atomic mass is 19.1. The van der Waals surface area contributed by atoms with Crippen molar-refractivity contribution in [3.05, 3.63) is 53.4 Å². The van der Waals surface area contributed by atoms with Crippen molar-refractivity contribution in [1.29, 1.82) is 0 Å². The molecule has 5 heteroatoms. The number of aromatic nitrogens is 2. The van der Waals surface area contributed by atoms with Crippen molar-refractivity contribution in [2.24, 2.45) is 5.73 Å². The van der Waals surface area contributed by atoms with Crippen LogP contribution in [0.15, 0.2) is 30.6 Å². The van der Waals surface area contributed by atoms with Crippen LogP contribution in [0.2, 0.25) is 0 Å². The molecule has 0 amide bonds. The molecule has 1 atom stereocenters. The summed E-state index contributed by atoms with van der Waals surface area (Å²) in [4.78, 5) is 8.26. The predicted molar refractivity (Wildman–Crippen MR) is 65.8 cm³/mol. The van der Waals surface area contributed by atoms with E-state index in [-0.39, 0.29) is 5.75 Å². The van der Waals surface area contributed by atoms with Crippen molar-refractivity contribution in [3.63, 3.8) is 0 Å². The van der Waals surface area contributed by atoms with Gasteiger partial charge in [-0.05, 0) is 13.0 Å². The highest BCUT2D eigenvalue weighted by molar-refractivity contribution is 5.36. The largest absolute Gasteiger partial charge is 0.494 e. The number of aryl methyl sites for hydroxylation is 1. The second-order valence-electron chi connectivity index (χ2n) is 3.92. The Labute approximate surface area is 105 Å². The fourth-order valence-electron chi connectivity index (χ4n) is 1.65. The second-order valence-corrected chi connectivity index (χ2v) is 3.92. The first kappa shape index (κ1) is 12.4. The number of nitrogens with two attached hydrogens (primary N) is 1. The van der Waals surface area contributed by atoms with E-state index in [1.165, 1.54) is 7.11 Å². The van der Waals surface area contributed by atoms with E-state index in [4.69, 9.17) is 10.5 Å². The van der Waals surface area contributed by atoms with Gasteiger partial charge in [0.15, 0.2) is 11.6 Å². The number of hydrogen-bond acceptors (Lipinski definition) is 4. The maximum Gasteiger partial charge on any atom is 0.170 e. The van der Waals surface area contributed by atoms with E-state index in [2.05, 4.69) is 9.97 Å². The van der Waals surface area contributed by atoms with Gasteiger partial charge in [0.05, 0.1) is 30.7 Å². The van der Waals surface area contributed by atoms with E-state index < -0.39 is 11.9 Å². The van der Waals surface area contributed by atoms with Crippen molar-refractivity contribution < 1.29 is 9.13 Å². The average Bonchev–Trinajstić information content (AvgIpc) is 2.39. The Bertz CT molecular complexity index is 542. The molecule has 0 aliphatic heterocycles. The van der Waals surface area contributed by atoms with E-state index in [9.17, 15) is 4.39 Å². The van der Waals surface area contributed by atoms with Crippen LogP contribution in [0, 0.1) is 12.7 Å². The SMILES string of the molecule is COc1cccc(C(N)c2cnc(C)cn2)c1F. The van der Waals surface area contributed by atoms with Gasteiger partial charge in [0, 0.05) is 11.8 Å². The molecule has 0 saturated carbocycles. The number of hydrogen-bond donors (Lipinski definition) is 1. The van der Waals surface area contributed by atoms with Crippen LogP contribution in [0.1, 0.15) is 23.0 Å². The zero-order chi connectivity index (χ0) is 13.1. The Balaban J connectivity index is 2.39. The van der Waals surface area contributed by atoms with Crippen LogP contribution in [0.25, 0.3) is 0 Å². The van der Waals surface area contributed by atoms with Crippen molar-refractivity contribution in [3.8, 4) is 5.75 Å². The van der Waals surface area contributed by atoms with Crippen LogP contribution < -0.4 is 10.5 Å². The van der Waals surface area contributed by atoms with Gasteiger partial charge in [-0.2, -0.15) is 0 Å². The lowest BCUT2D eigenvalue weighted by molar-refractivity contribution is 0.383. The number of ether oxygens (including phenoxy) is 1. The summed E-state index contributed by atoms with van der Waals surface area (Å²) in [5.74, 6) is -0.294. The summed E-state index contributed by atoms with van der Waals surface area (Å²) in [5, 5.41) is 0. The lowest BCUT2D eigenvalue weighted by Crippen LogP contribution is -2.16. The van der Waals surface area contributed by atoms with Gasteiger partial charge >= 0.3 is 0 Å². The van der Waals surface area contributed by atoms with Crippen molar-refractivity contribution in [1.82, 2.24) is 9.97 Å². The van der Waals surface area contributed by atoms with Gasteiger partial charge in [-0.15, -0.1) is 0 Å². The van der Waals surface area contributed by atoms with Gasteiger partial charge in [-0.1, -0.05) is 12.1 Å². The van der Waals surface area contributed by atoms with Crippen LogP contribution in [-0.4, -0.2) is 17.1 Å².